The van der Waals surface area contributed by atoms with Crippen molar-refractivity contribution in [1.29, 1.82) is 0 Å². The van der Waals surface area contributed by atoms with E-state index in [-0.39, 0.29) is 0 Å². The maximum Gasteiger partial charge on any atom is 0.211 e. The smallest absolute Gasteiger partial charge is 0.211 e. The second kappa shape index (κ2) is 26.3. The van der Waals surface area contributed by atoms with Gasteiger partial charge < -0.3 is 5.53 Å². The van der Waals surface area contributed by atoms with Gasteiger partial charge in [-0.25, -0.2) is 4.70 Å². The Morgan fingerprint density at radius 3 is 1.00 bits per heavy atom. The van der Waals surface area contributed by atoms with Crippen molar-refractivity contribution in [3.63, 3.8) is 0 Å². The van der Waals surface area contributed by atoms with E-state index < -0.39 is 0 Å². The van der Waals surface area contributed by atoms with E-state index in [1.54, 1.807) is 4.70 Å². The lowest BCUT2D eigenvalue weighted by Crippen LogP contribution is -2.03. The Labute approximate surface area is 310 Å². The van der Waals surface area contributed by atoms with Crippen LogP contribution in [0.2, 0.25) is 0 Å². The molecule has 0 radical (unpaired) electrons. The Morgan fingerprint density at radius 1 is 0.340 bits per heavy atom. The molecule has 2 aromatic carbocycles. The topological polar surface area (TPSA) is 25.3 Å². The minimum absolute atomic E-state index is 1.03. The Kier molecular flexibility index (Phi) is 22.1. The van der Waals surface area contributed by atoms with Crippen molar-refractivity contribution in [2.24, 2.45) is 0 Å². The zero-order chi connectivity index (χ0) is 35.7. The van der Waals surface area contributed by atoms with Gasteiger partial charge in [0.15, 0.2) is 0 Å². The number of nitrogens with zero attached hydrogens (tertiary/aromatic N) is 2. The van der Waals surface area contributed by atoms with Crippen LogP contribution in [0.1, 0.15) is 217 Å². The maximum atomic E-state index is 12.1. The highest BCUT2D eigenvalue weighted by Gasteiger charge is 2.35. The molecule has 0 aromatic heterocycles. The molecule has 1 aliphatic heterocycles. The van der Waals surface area contributed by atoms with Gasteiger partial charge in [0.05, 0.1) is 0 Å². The van der Waals surface area contributed by atoms with Crippen LogP contribution < -0.4 is 0 Å². The third kappa shape index (κ3) is 15.0. The summed E-state index contributed by atoms with van der Waals surface area (Å²) < 4.78 is 1.59. The van der Waals surface area contributed by atoms with E-state index in [1.165, 1.54) is 176 Å². The quantitative estimate of drug-likeness (QED) is 0.0580. The van der Waals surface area contributed by atoms with Crippen LogP contribution in [0.4, 0.5) is 0 Å². The van der Waals surface area contributed by atoms with Crippen LogP contribution in [0.5, 0.6) is 0 Å². The third-order valence-electron chi connectivity index (χ3n) is 11.0. The van der Waals surface area contributed by atoms with Crippen LogP contribution in [-0.4, -0.2) is 4.70 Å². The van der Waals surface area contributed by atoms with Crippen molar-refractivity contribution in [3.8, 4) is 0 Å². The molecular weight excluding hydrogens is 605 g/mol. The lowest BCUT2D eigenvalue weighted by Gasteiger charge is -2.11. The molecule has 0 N–H and O–H groups in total. The van der Waals surface area contributed by atoms with Crippen LogP contribution in [0.15, 0.2) is 59.7 Å². The van der Waals surface area contributed by atoms with Gasteiger partial charge in [0.2, 0.25) is 11.4 Å². The fraction of sp³-hybridized carbons (Fsp3) is 0.667. The number of allylic oxidation sites excluding steroid dienone is 2. The summed E-state index contributed by atoms with van der Waals surface area (Å²) in [5, 5.41) is 0. The van der Waals surface area contributed by atoms with Crippen molar-refractivity contribution >= 4 is 11.4 Å². The predicted octanol–water partition coefficient (Wildman–Crippen LogP) is 16.2. The minimum Gasteiger partial charge on any atom is -0.493 e. The zero-order valence-corrected chi connectivity index (χ0v) is 33.3. The van der Waals surface area contributed by atoms with Crippen molar-refractivity contribution in [2.45, 2.75) is 207 Å². The molecule has 0 spiro atoms. The molecule has 50 heavy (non-hydrogen) atoms. The summed E-state index contributed by atoms with van der Waals surface area (Å²) in [6, 6.07) is 18.3. The van der Waals surface area contributed by atoms with Crippen molar-refractivity contribution in [1.82, 2.24) is 0 Å². The van der Waals surface area contributed by atoms with E-state index in [9.17, 15) is 5.53 Å². The molecule has 2 nitrogen and oxygen atoms in total. The lowest BCUT2D eigenvalue weighted by molar-refractivity contribution is -0.345. The molecule has 278 valence electrons. The van der Waals surface area contributed by atoms with Crippen molar-refractivity contribution < 1.29 is 4.70 Å². The number of aryl methyl sites for hydroxylation is 2. The molecule has 1 heterocycles. The molecule has 1 aliphatic rings. The molecule has 0 saturated carbocycles. The first-order valence-electron chi connectivity index (χ1n) is 21.8. The van der Waals surface area contributed by atoms with Crippen LogP contribution >= 0.6 is 0 Å². The molecule has 0 amide bonds. The highest BCUT2D eigenvalue weighted by molar-refractivity contribution is 5.82. The summed E-state index contributed by atoms with van der Waals surface area (Å²) in [5.41, 5.74) is 22.1. The SMILES string of the molecule is CCCCCCCCCCCCCCCC1=C(c2ccc(CCCCCCCC)cc2)[N+](=[N-])C(c2ccc(CCCC)cc2)=C1CCCCC. The summed E-state index contributed by atoms with van der Waals surface area (Å²) >= 11 is 0. The normalized spacial score (nSPS) is 13.3. The van der Waals surface area contributed by atoms with Gasteiger partial charge in [-0.2, -0.15) is 0 Å². The summed E-state index contributed by atoms with van der Waals surface area (Å²) in [7, 11) is 0. The second-order valence-electron chi connectivity index (χ2n) is 15.4. The number of benzene rings is 2. The standard InChI is InChI=1S/C48H76N2/c1-5-9-13-15-17-18-19-20-21-22-23-25-28-32-46-45(31-26-11-7-3)47(43-37-33-41(34-38-43)29-12-8-4)50(49)48(46)44-39-35-42(36-40-44)30-27-24-16-14-10-6-2/h33-40H,5-32H2,1-4H3. The van der Waals surface area contributed by atoms with E-state index in [2.05, 4.69) is 76.2 Å². The molecule has 3 rings (SSSR count). The summed E-state index contributed by atoms with van der Waals surface area (Å²) in [6.45, 7) is 9.14. The average Bonchev–Trinajstić information content (AvgIpc) is 3.41. The Bertz CT molecular complexity index is 1250. The van der Waals surface area contributed by atoms with Gasteiger partial charge in [-0.05, 0) is 86.8 Å². The highest BCUT2D eigenvalue weighted by atomic mass is 15.2. The average molecular weight is 681 g/mol. The van der Waals surface area contributed by atoms with Crippen LogP contribution in [-0.2, 0) is 12.8 Å². The van der Waals surface area contributed by atoms with E-state index in [1.807, 2.05) is 0 Å². The minimum atomic E-state index is 1.03. The first kappa shape index (κ1) is 41.9. The van der Waals surface area contributed by atoms with Gasteiger partial charge in [0, 0.05) is 22.3 Å². The Balaban J connectivity index is 1.72. The third-order valence-corrected chi connectivity index (χ3v) is 11.0. The first-order valence-corrected chi connectivity index (χ1v) is 21.8. The maximum absolute atomic E-state index is 12.1. The Morgan fingerprint density at radius 2 is 0.620 bits per heavy atom. The lowest BCUT2D eigenvalue weighted by atomic mass is 9.91. The van der Waals surface area contributed by atoms with Gasteiger partial charge in [-0.15, -0.1) is 0 Å². The molecule has 0 atom stereocenters. The second-order valence-corrected chi connectivity index (χ2v) is 15.4. The van der Waals surface area contributed by atoms with E-state index in [4.69, 9.17) is 0 Å². The van der Waals surface area contributed by atoms with Crippen LogP contribution in [0, 0.1) is 0 Å². The number of rotatable bonds is 30. The molecule has 2 aromatic rings. The van der Waals surface area contributed by atoms with Gasteiger partial charge in [0.25, 0.3) is 0 Å². The highest BCUT2D eigenvalue weighted by Crippen LogP contribution is 2.44. The van der Waals surface area contributed by atoms with E-state index in [0.717, 1.165) is 48.2 Å². The number of hydrogen-bond donors (Lipinski definition) is 0. The fourth-order valence-electron chi connectivity index (χ4n) is 7.81. The van der Waals surface area contributed by atoms with Gasteiger partial charge in [0.1, 0.15) is 0 Å². The zero-order valence-electron chi connectivity index (χ0n) is 33.3. The first-order chi connectivity index (χ1) is 24.6. The summed E-state index contributed by atoms with van der Waals surface area (Å²) in [4.78, 5) is 0. The monoisotopic (exact) mass is 681 g/mol. The predicted molar refractivity (Wildman–Crippen MR) is 220 cm³/mol. The molecular formula is C48H76N2. The van der Waals surface area contributed by atoms with Gasteiger partial charge in [-0.1, -0.05) is 180 Å². The fourth-order valence-corrected chi connectivity index (χ4v) is 7.81. The van der Waals surface area contributed by atoms with Crippen LogP contribution in [0.3, 0.4) is 0 Å². The summed E-state index contributed by atoms with van der Waals surface area (Å²) in [5.74, 6) is 0. The molecule has 2 heteroatoms. The molecule has 0 unspecified atom stereocenters. The van der Waals surface area contributed by atoms with Gasteiger partial charge in [-0.3, -0.25) is 0 Å². The van der Waals surface area contributed by atoms with Gasteiger partial charge >= 0.3 is 0 Å². The summed E-state index contributed by atoms with van der Waals surface area (Å²) in [6.07, 6.45) is 36.2. The molecule has 0 fully saturated rings. The largest absolute Gasteiger partial charge is 0.493 e. The number of hydrogen-bond acceptors (Lipinski definition) is 0. The van der Waals surface area contributed by atoms with Crippen molar-refractivity contribution in [2.75, 3.05) is 0 Å². The number of unbranched alkanes of at least 4 members (excludes halogenated alkanes) is 20. The van der Waals surface area contributed by atoms with E-state index >= 15 is 0 Å². The molecule has 0 bridgehead atoms. The van der Waals surface area contributed by atoms with E-state index in [0.29, 0.717) is 0 Å². The van der Waals surface area contributed by atoms with Crippen LogP contribution in [0.25, 0.3) is 16.9 Å². The van der Waals surface area contributed by atoms with Crippen molar-refractivity contribution in [3.05, 3.63) is 87.5 Å². The Hall–Kier alpha value is -2.48. The molecule has 0 aliphatic carbocycles. The molecule has 0 saturated heterocycles.